The fourth-order valence-electron chi connectivity index (χ4n) is 2.49. The van der Waals surface area contributed by atoms with Gasteiger partial charge in [0.15, 0.2) is 0 Å². The second-order valence-electron chi connectivity index (χ2n) is 6.29. The molecule has 2 aromatic rings. The summed E-state index contributed by atoms with van der Waals surface area (Å²) in [6.07, 6.45) is -5.25. The number of nitro groups is 1. The number of ether oxygens (including phenoxy) is 2. The Balaban J connectivity index is 2.43. The Kier molecular flexibility index (Phi) is 7.52. The molecule has 13 heteroatoms. The van der Waals surface area contributed by atoms with E-state index >= 15 is 0 Å². The number of hydrogen-bond donors (Lipinski definition) is 0. The second kappa shape index (κ2) is 9.73. The van der Waals surface area contributed by atoms with Crippen molar-refractivity contribution >= 4 is 29.2 Å². The lowest BCUT2D eigenvalue weighted by Crippen LogP contribution is -2.28. The van der Waals surface area contributed by atoms with Gasteiger partial charge in [-0.1, -0.05) is 11.6 Å². The van der Waals surface area contributed by atoms with Crippen LogP contribution >= 0.6 is 11.6 Å². The van der Waals surface area contributed by atoms with Crippen molar-refractivity contribution in [1.82, 2.24) is 5.06 Å². The molecule has 0 N–H and O–H groups in total. The zero-order valence-corrected chi connectivity index (χ0v) is 17.6. The zero-order valence-electron chi connectivity index (χ0n) is 16.9. The Hall–Kier alpha value is -3.54. The predicted octanol–water partition coefficient (Wildman–Crippen LogP) is 4.55. The van der Waals surface area contributed by atoms with Gasteiger partial charge in [0.2, 0.25) is 5.75 Å². The Bertz CT molecular complexity index is 1060. The van der Waals surface area contributed by atoms with Gasteiger partial charge in [-0.3, -0.25) is 14.9 Å². The number of hydroxylamine groups is 2. The lowest BCUT2D eigenvalue weighted by molar-refractivity contribution is -0.386. The normalized spacial score (nSPS) is 11.0. The molecule has 0 radical (unpaired) electrons. The molecule has 0 aliphatic heterocycles. The first-order valence-electron chi connectivity index (χ1n) is 8.68. The highest BCUT2D eigenvalue weighted by Gasteiger charge is 2.31. The van der Waals surface area contributed by atoms with Crippen molar-refractivity contribution in [3.05, 3.63) is 56.6 Å². The molecule has 0 heterocycles. The van der Waals surface area contributed by atoms with Gasteiger partial charge < -0.3 is 14.3 Å². The van der Waals surface area contributed by atoms with Crippen molar-refractivity contribution < 1.29 is 42.0 Å². The first-order valence-corrected chi connectivity index (χ1v) is 9.06. The summed E-state index contributed by atoms with van der Waals surface area (Å²) in [5, 5.41) is 11.8. The van der Waals surface area contributed by atoms with Gasteiger partial charge in [0.05, 0.1) is 29.0 Å². The molecular formula is C19H16ClF3N2O7. The lowest BCUT2D eigenvalue weighted by Gasteiger charge is -2.15. The van der Waals surface area contributed by atoms with Crippen LogP contribution in [0, 0.1) is 10.1 Å². The van der Waals surface area contributed by atoms with Gasteiger partial charge in [0, 0.05) is 25.6 Å². The van der Waals surface area contributed by atoms with Crippen molar-refractivity contribution in [3.8, 4) is 17.2 Å². The van der Waals surface area contributed by atoms with Gasteiger partial charge >= 0.3 is 17.8 Å². The monoisotopic (exact) mass is 476 g/mol. The number of benzene rings is 2. The smallest absolute Gasteiger partial charge is 0.416 e. The molecule has 0 unspecified atom stereocenters. The Morgan fingerprint density at radius 1 is 1.19 bits per heavy atom. The Morgan fingerprint density at radius 3 is 2.34 bits per heavy atom. The van der Waals surface area contributed by atoms with Gasteiger partial charge in [-0.05, 0) is 24.3 Å². The molecule has 0 aliphatic carbocycles. The summed E-state index contributed by atoms with van der Waals surface area (Å²) in [5.74, 6) is -2.12. The lowest BCUT2D eigenvalue weighted by atomic mass is 10.1. The van der Waals surface area contributed by atoms with Gasteiger partial charge in [-0.25, -0.2) is 4.79 Å². The first kappa shape index (κ1) is 24.7. The van der Waals surface area contributed by atoms with Gasteiger partial charge in [-0.2, -0.15) is 18.2 Å². The number of halogens is 4. The van der Waals surface area contributed by atoms with Crippen LogP contribution in [0.15, 0.2) is 30.3 Å². The van der Waals surface area contributed by atoms with Crippen LogP contribution in [0.5, 0.6) is 17.2 Å². The molecule has 2 aromatic carbocycles. The Labute approximate surface area is 184 Å². The molecule has 32 heavy (non-hydrogen) atoms. The fourth-order valence-corrected chi connectivity index (χ4v) is 2.70. The number of amides is 1. The summed E-state index contributed by atoms with van der Waals surface area (Å²) in [6.45, 7) is 1.14. The average molecular weight is 477 g/mol. The maximum atomic E-state index is 12.8. The van der Waals surface area contributed by atoms with E-state index in [1.807, 2.05) is 0 Å². The van der Waals surface area contributed by atoms with E-state index in [0.717, 1.165) is 38.3 Å². The minimum absolute atomic E-state index is 0.100. The van der Waals surface area contributed by atoms with E-state index in [1.165, 1.54) is 7.05 Å². The average Bonchev–Trinajstić information content (AvgIpc) is 2.67. The van der Waals surface area contributed by atoms with Crippen LogP contribution in [-0.2, 0) is 27.0 Å². The molecule has 0 fully saturated rings. The molecule has 9 nitrogen and oxygen atoms in total. The zero-order chi connectivity index (χ0) is 24.2. The molecule has 0 atom stereocenters. The largest absolute Gasteiger partial charge is 0.490 e. The number of nitrogens with zero attached hydrogens (tertiary/aromatic N) is 2. The van der Waals surface area contributed by atoms with Crippen LogP contribution in [-0.4, -0.2) is 36.0 Å². The van der Waals surface area contributed by atoms with Crippen molar-refractivity contribution in [2.24, 2.45) is 0 Å². The highest BCUT2D eigenvalue weighted by Crippen LogP contribution is 2.40. The highest BCUT2D eigenvalue weighted by molar-refractivity contribution is 6.32. The third-order valence-corrected chi connectivity index (χ3v) is 4.33. The van der Waals surface area contributed by atoms with E-state index < -0.39 is 40.6 Å². The number of hydrogen-bond acceptors (Lipinski definition) is 7. The van der Waals surface area contributed by atoms with Crippen LogP contribution in [0.1, 0.15) is 18.1 Å². The number of methoxy groups -OCH3 is 1. The summed E-state index contributed by atoms with van der Waals surface area (Å²) in [5.41, 5.74) is -1.73. The SMILES string of the molecule is COc1cc(Oc2ccc(C(F)(F)F)cc2Cl)cc(CC(=O)ON(C)C(C)=O)c1[N+](=O)[O-]. The van der Waals surface area contributed by atoms with E-state index in [1.54, 1.807) is 0 Å². The van der Waals surface area contributed by atoms with E-state index in [2.05, 4.69) is 0 Å². The number of carbonyl (C=O) groups is 2. The number of rotatable bonds is 6. The maximum absolute atomic E-state index is 12.8. The first-order chi connectivity index (χ1) is 14.8. The topological polar surface area (TPSA) is 108 Å². The highest BCUT2D eigenvalue weighted by atomic mass is 35.5. The third kappa shape index (κ3) is 6.00. The molecule has 172 valence electrons. The maximum Gasteiger partial charge on any atom is 0.416 e. The van der Waals surface area contributed by atoms with E-state index in [0.29, 0.717) is 11.1 Å². The van der Waals surface area contributed by atoms with Crippen LogP contribution in [0.4, 0.5) is 18.9 Å². The number of carbonyl (C=O) groups excluding carboxylic acids is 2. The molecule has 0 spiro atoms. The van der Waals surface area contributed by atoms with Gasteiger partial charge in [0.1, 0.15) is 11.5 Å². The molecule has 1 amide bonds. The summed E-state index contributed by atoms with van der Waals surface area (Å²) in [7, 11) is 2.32. The molecular weight excluding hydrogens is 461 g/mol. The van der Waals surface area contributed by atoms with Crippen molar-refractivity contribution in [2.45, 2.75) is 19.5 Å². The molecule has 2 rings (SSSR count). The quantitative estimate of drug-likeness (QED) is 0.444. The Morgan fingerprint density at radius 2 is 1.84 bits per heavy atom. The van der Waals surface area contributed by atoms with Crippen LogP contribution in [0.25, 0.3) is 0 Å². The van der Waals surface area contributed by atoms with E-state index in [9.17, 15) is 32.9 Å². The minimum Gasteiger partial charge on any atom is -0.490 e. The number of alkyl halides is 3. The van der Waals surface area contributed by atoms with Crippen molar-refractivity contribution in [2.75, 3.05) is 14.2 Å². The summed E-state index contributed by atoms with van der Waals surface area (Å²) in [6, 6.07) is 4.62. The summed E-state index contributed by atoms with van der Waals surface area (Å²) >= 11 is 5.88. The number of nitro benzene ring substituents is 1. The van der Waals surface area contributed by atoms with Gasteiger partial charge in [-0.15, -0.1) is 0 Å². The van der Waals surface area contributed by atoms with Crippen molar-refractivity contribution in [1.29, 1.82) is 0 Å². The molecule has 0 bridgehead atoms. The molecule has 0 aliphatic rings. The predicted molar refractivity (Wildman–Crippen MR) is 104 cm³/mol. The van der Waals surface area contributed by atoms with Gasteiger partial charge in [0.25, 0.3) is 5.91 Å². The summed E-state index contributed by atoms with van der Waals surface area (Å²) < 4.78 is 48.9. The molecule has 0 saturated carbocycles. The minimum atomic E-state index is -4.61. The molecule has 0 saturated heterocycles. The van der Waals surface area contributed by atoms with Crippen LogP contribution in [0.2, 0.25) is 5.02 Å². The van der Waals surface area contributed by atoms with E-state index in [-0.39, 0.29) is 27.8 Å². The standard InChI is InChI=1S/C19H16ClF3N2O7/c1-10(26)24(2)32-17(27)7-11-6-13(9-16(30-3)18(11)25(28)29)31-15-5-4-12(8-14(15)20)19(21,22)23/h4-6,8-9H,7H2,1-3H3. The summed E-state index contributed by atoms with van der Waals surface area (Å²) in [4.78, 5) is 38.8. The second-order valence-corrected chi connectivity index (χ2v) is 6.70. The van der Waals surface area contributed by atoms with Crippen molar-refractivity contribution in [3.63, 3.8) is 0 Å². The molecule has 0 aromatic heterocycles. The van der Waals surface area contributed by atoms with Crippen LogP contribution < -0.4 is 9.47 Å². The fraction of sp³-hybridized carbons (Fsp3) is 0.263. The van der Waals surface area contributed by atoms with E-state index in [4.69, 9.17) is 25.9 Å². The third-order valence-electron chi connectivity index (χ3n) is 4.03. The van der Waals surface area contributed by atoms with Crippen LogP contribution in [0.3, 0.4) is 0 Å².